The first-order valence-electron chi connectivity index (χ1n) is 6.52. The van der Waals surface area contributed by atoms with E-state index in [-0.39, 0.29) is 0 Å². The Balaban J connectivity index is 2.02. The molecule has 0 unspecified atom stereocenters. The van der Waals surface area contributed by atoms with Gasteiger partial charge in [-0.3, -0.25) is 4.98 Å². The first kappa shape index (κ1) is 12.9. The van der Waals surface area contributed by atoms with E-state index in [1.54, 1.807) is 0 Å². The molecule has 3 aromatic rings. The Bertz CT molecular complexity index is 773. The van der Waals surface area contributed by atoms with E-state index in [1.165, 1.54) is 0 Å². The summed E-state index contributed by atoms with van der Waals surface area (Å²) in [5, 5.41) is 1.92. The summed E-state index contributed by atoms with van der Waals surface area (Å²) < 4.78 is 0. The van der Waals surface area contributed by atoms with E-state index in [0.29, 0.717) is 0 Å². The van der Waals surface area contributed by atoms with Crippen LogP contribution in [-0.2, 0) is 0 Å². The smallest absolute Gasteiger partial charge is 0.0777 e. The molecule has 0 saturated carbocycles. The second-order valence-electron chi connectivity index (χ2n) is 4.76. The summed E-state index contributed by atoms with van der Waals surface area (Å²) in [5.41, 5.74) is 4.32. The lowest BCUT2D eigenvalue weighted by Gasteiger charge is -2.02. The zero-order chi connectivity index (χ0) is 13.9. The molecule has 0 saturated heterocycles. The van der Waals surface area contributed by atoms with Crippen molar-refractivity contribution in [3.63, 3.8) is 0 Å². The number of hydrogen-bond acceptors (Lipinski definition) is 1. The molecule has 2 heteroatoms. The van der Waals surface area contributed by atoms with Gasteiger partial charge in [0.2, 0.25) is 0 Å². The van der Waals surface area contributed by atoms with Gasteiger partial charge in [0.05, 0.1) is 5.52 Å². The standard InChI is InChI=1S/C18H14ClN/c1-13-5-9-15-3-2-4-16(18(15)20-13)10-6-14-7-11-17(19)12-8-14/h2-12H,1H3/b10-6+. The maximum atomic E-state index is 5.89. The normalized spacial score (nSPS) is 11.3. The first-order valence-corrected chi connectivity index (χ1v) is 6.90. The van der Waals surface area contributed by atoms with Gasteiger partial charge >= 0.3 is 0 Å². The fraction of sp³-hybridized carbons (Fsp3) is 0.0556. The summed E-state index contributed by atoms with van der Waals surface area (Å²) in [4.78, 5) is 4.63. The van der Waals surface area contributed by atoms with Crippen LogP contribution >= 0.6 is 11.6 Å². The van der Waals surface area contributed by atoms with Crippen LogP contribution < -0.4 is 0 Å². The average Bonchev–Trinajstić information content (AvgIpc) is 2.47. The van der Waals surface area contributed by atoms with Crippen molar-refractivity contribution in [1.82, 2.24) is 4.98 Å². The molecule has 98 valence electrons. The van der Waals surface area contributed by atoms with Gasteiger partial charge in [-0.1, -0.05) is 60.2 Å². The minimum absolute atomic E-state index is 0.754. The number of hydrogen-bond donors (Lipinski definition) is 0. The number of aromatic nitrogens is 1. The van der Waals surface area contributed by atoms with Crippen molar-refractivity contribution in [2.45, 2.75) is 6.92 Å². The third-order valence-corrected chi connectivity index (χ3v) is 3.47. The van der Waals surface area contributed by atoms with Gasteiger partial charge in [0.1, 0.15) is 0 Å². The van der Waals surface area contributed by atoms with E-state index in [9.17, 15) is 0 Å². The van der Waals surface area contributed by atoms with Gasteiger partial charge in [-0.15, -0.1) is 0 Å². The lowest BCUT2D eigenvalue weighted by atomic mass is 10.1. The molecule has 0 aliphatic carbocycles. The summed E-state index contributed by atoms with van der Waals surface area (Å²) in [6.07, 6.45) is 4.17. The van der Waals surface area contributed by atoms with Gasteiger partial charge in [0, 0.05) is 21.7 Å². The van der Waals surface area contributed by atoms with Crippen LogP contribution in [-0.4, -0.2) is 4.98 Å². The fourth-order valence-electron chi connectivity index (χ4n) is 2.16. The van der Waals surface area contributed by atoms with Gasteiger partial charge in [-0.2, -0.15) is 0 Å². The summed E-state index contributed by atoms with van der Waals surface area (Å²) in [6.45, 7) is 2.01. The van der Waals surface area contributed by atoms with Crippen molar-refractivity contribution in [1.29, 1.82) is 0 Å². The highest BCUT2D eigenvalue weighted by atomic mass is 35.5. The summed E-state index contributed by atoms with van der Waals surface area (Å²) in [6, 6.07) is 18.2. The van der Waals surface area contributed by atoms with Crippen LogP contribution in [0.15, 0.2) is 54.6 Å². The maximum Gasteiger partial charge on any atom is 0.0777 e. The van der Waals surface area contributed by atoms with Crippen molar-refractivity contribution in [2.75, 3.05) is 0 Å². The highest BCUT2D eigenvalue weighted by Gasteiger charge is 1.99. The largest absolute Gasteiger partial charge is 0.253 e. The predicted molar refractivity (Wildman–Crippen MR) is 86.9 cm³/mol. The first-order chi connectivity index (χ1) is 9.72. The monoisotopic (exact) mass is 279 g/mol. The van der Waals surface area contributed by atoms with E-state index in [2.05, 4.69) is 41.4 Å². The number of pyridine rings is 1. The van der Waals surface area contributed by atoms with Crippen LogP contribution in [0.4, 0.5) is 0 Å². The Morgan fingerprint density at radius 2 is 1.70 bits per heavy atom. The highest BCUT2D eigenvalue weighted by molar-refractivity contribution is 6.30. The molecule has 20 heavy (non-hydrogen) atoms. The Hall–Kier alpha value is -2.12. The topological polar surface area (TPSA) is 12.9 Å². The van der Waals surface area contributed by atoms with Crippen LogP contribution in [0.3, 0.4) is 0 Å². The molecular formula is C18H14ClN. The number of nitrogens with zero attached hydrogens (tertiary/aromatic N) is 1. The molecule has 0 aliphatic heterocycles. The number of aryl methyl sites for hydroxylation is 1. The third kappa shape index (κ3) is 2.73. The van der Waals surface area contributed by atoms with Crippen molar-refractivity contribution in [3.05, 3.63) is 76.4 Å². The van der Waals surface area contributed by atoms with E-state index < -0.39 is 0 Å². The molecule has 1 aromatic heterocycles. The fourth-order valence-corrected chi connectivity index (χ4v) is 2.29. The Morgan fingerprint density at radius 3 is 2.50 bits per heavy atom. The maximum absolute atomic E-state index is 5.89. The quantitative estimate of drug-likeness (QED) is 0.575. The summed E-state index contributed by atoms with van der Waals surface area (Å²) >= 11 is 5.89. The molecule has 1 heterocycles. The molecule has 0 fully saturated rings. The van der Waals surface area contributed by atoms with Crippen LogP contribution in [0.2, 0.25) is 5.02 Å². The Labute approximate surface area is 123 Å². The predicted octanol–water partition coefficient (Wildman–Crippen LogP) is 5.37. The number of para-hydroxylation sites is 1. The lowest BCUT2D eigenvalue weighted by Crippen LogP contribution is -1.86. The molecule has 2 aromatic carbocycles. The second kappa shape index (κ2) is 5.48. The van der Waals surface area contributed by atoms with Gasteiger partial charge in [-0.05, 0) is 30.7 Å². The average molecular weight is 280 g/mol. The van der Waals surface area contributed by atoms with Crippen molar-refractivity contribution in [2.24, 2.45) is 0 Å². The molecule has 0 aliphatic rings. The Kier molecular flexibility index (Phi) is 3.53. The second-order valence-corrected chi connectivity index (χ2v) is 5.19. The van der Waals surface area contributed by atoms with Crippen molar-refractivity contribution >= 4 is 34.7 Å². The number of fused-ring (bicyclic) bond motifs is 1. The van der Waals surface area contributed by atoms with Crippen LogP contribution in [0.5, 0.6) is 0 Å². The van der Waals surface area contributed by atoms with Gasteiger partial charge in [-0.25, -0.2) is 0 Å². The highest BCUT2D eigenvalue weighted by Crippen LogP contribution is 2.20. The van der Waals surface area contributed by atoms with Gasteiger partial charge in [0.25, 0.3) is 0 Å². The van der Waals surface area contributed by atoms with Gasteiger partial charge in [0.15, 0.2) is 0 Å². The van der Waals surface area contributed by atoms with Crippen molar-refractivity contribution < 1.29 is 0 Å². The molecule has 0 spiro atoms. The van der Waals surface area contributed by atoms with E-state index in [1.807, 2.05) is 37.3 Å². The summed E-state index contributed by atoms with van der Waals surface area (Å²) in [5.74, 6) is 0. The van der Waals surface area contributed by atoms with E-state index in [0.717, 1.165) is 32.7 Å². The van der Waals surface area contributed by atoms with Crippen LogP contribution in [0, 0.1) is 6.92 Å². The van der Waals surface area contributed by atoms with Crippen LogP contribution in [0.25, 0.3) is 23.1 Å². The number of benzene rings is 2. The lowest BCUT2D eigenvalue weighted by molar-refractivity contribution is 1.25. The summed E-state index contributed by atoms with van der Waals surface area (Å²) in [7, 11) is 0. The van der Waals surface area contributed by atoms with E-state index in [4.69, 9.17) is 11.6 Å². The molecule has 0 radical (unpaired) electrons. The van der Waals surface area contributed by atoms with Crippen LogP contribution in [0.1, 0.15) is 16.8 Å². The minimum Gasteiger partial charge on any atom is -0.253 e. The minimum atomic E-state index is 0.754. The SMILES string of the molecule is Cc1ccc2cccc(/C=C/c3ccc(Cl)cc3)c2n1. The zero-order valence-corrected chi connectivity index (χ0v) is 11.9. The zero-order valence-electron chi connectivity index (χ0n) is 11.2. The molecule has 0 N–H and O–H groups in total. The molecule has 3 rings (SSSR count). The van der Waals surface area contributed by atoms with Gasteiger partial charge < -0.3 is 0 Å². The molecule has 1 nitrogen and oxygen atoms in total. The van der Waals surface area contributed by atoms with Crippen molar-refractivity contribution in [3.8, 4) is 0 Å². The number of rotatable bonds is 2. The van der Waals surface area contributed by atoms with E-state index >= 15 is 0 Å². The molecule has 0 atom stereocenters. The number of halogens is 1. The molecule has 0 bridgehead atoms. The Morgan fingerprint density at radius 1 is 0.900 bits per heavy atom. The third-order valence-electron chi connectivity index (χ3n) is 3.22. The molecule has 0 amide bonds. The molecular weight excluding hydrogens is 266 g/mol.